The Labute approximate surface area is 89.5 Å². The molecule has 78 valence electrons. The molecule has 1 unspecified atom stereocenters. The molecule has 1 aromatic rings. The first-order valence-electron chi connectivity index (χ1n) is 5.11. The Morgan fingerprint density at radius 2 is 2.53 bits per heavy atom. The third-order valence-corrected chi connectivity index (χ3v) is 2.86. The predicted molar refractivity (Wildman–Crippen MR) is 58.6 cm³/mol. The van der Waals surface area contributed by atoms with Crippen LogP contribution in [0.3, 0.4) is 0 Å². The fourth-order valence-corrected chi connectivity index (χ4v) is 1.95. The fourth-order valence-electron chi connectivity index (χ4n) is 1.95. The van der Waals surface area contributed by atoms with Crippen molar-refractivity contribution in [3.63, 3.8) is 0 Å². The maximum Gasteiger partial charge on any atom is 0.101 e. The highest BCUT2D eigenvalue weighted by Gasteiger charge is 2.22. The minimum atomic E-state index is 0.525. The average molecular weight is 202 g/mol. The van der Waals surface area contributed by atoms with Crippen molar-refractivity contribution in [2.24, 2.45) is 0 Å². The number of likely N-dealkylation sites (N-methyl/N-ethyl adjacent to an activating group) is 1. The number of nitrogens with zero attached hydrogens (tertiary/aromatic N) is 3. The van der Waals surface area contributed by atoms with Crippen LogP contribution in [0.5, 0.6) is 0 Å². The van der Waals surface area contributed by atoms with Crippen LogP contribution < -0.4 is 10.2 Å². The number of hydrogen-bond donors (Lipinski definition) is 1. The molecule has 1 aliphatic heterocycles. The maximum atomic E-state index is 8.98. The quantitative estimate of drug-likeness (QED) is 0.769. The molecule has 1 aliphatic rings. The van der Waals surface area contributed by atoms with E-state index in [2.05, 4.69) is 21.3 Å². The molecule has 2 heterocycles. The van der Waals surface area contributed by atoms with Crippen molar-refractivity contribution >= 4 is 5.69 Å². The van der Waals surface area contributed by atoms with Gasteiger partial charge in [0.25, 0.3) is 0 Å². The number of nitriles is 1. The standard InChI is InChI=1S/C11H14N4/c1-13-10-3-5-15(8-10)11-7-14-4-2-9(11)6-12/h2,4,7,10,13H,3,5,8H2,1H3. The number of aromatic nitrogens is 1. The number of anilines is 1. The Balaban J connectivity index is 2.20. The first-order chi connectivity index (χ1) is 7.35. The summed E-state index contributed by atoms with van der Waals surface area (Å²) in [5, 5.41) is 12.2. The summed E-state index contributed by atoms with van der Waals surface area (Å²) in [6, 6.07) is 4.49. The van der Waals surface area contributed by atoms with E-state index < -0.39 is 0 Å². The van der Waals surface area contributed by atoms with Gasteiger partial charge in [-0.3, -0.25) is 4.98 Å². The van der Waals surface area contributed by atoms with Gasteiger partial charge in [-0.05, 0) is 19.5 Å². The zero-order valence-corrected chi connectivity index (χ0v) is 8.77. The topological polar surface area (TPSA) is 52.0 Å². The van der Waals surface area contributed by atoms with Crippen LogP contribution in [0.25, 0.3) is 0 Å². The molecule has 1 N–H and O–H groups in total. The van der Waals surface area contributed by atoms with Gasteiger partial charge in [0.1, 0.15) is 6.07 Å². The zero-order chi connectivity index (χ0) is 10.7. The van der Waals surface area contributed by atoms with E-state index in [1.54, 1.807) is 18.5 Å². The largest absolute Gasteiger partial charge is 0.368 e. The van der Waals surface area contributed by atoms with Crippen LogP contribution in [-0.2, 0) is 0 Å². The highest BCUT2D eigenvalue weighted by molar-refractivity contribution is 5.58. The molecule has 4 nitrogen and oxygen atoms in total. The Hall–Kier alpha value is -1.60. The fraction of sp³-hybridized carbons (Fsp3) is 0.455. The minimum Gasteiger partial charge on any atom is -0.368 e. The third kappa shape index (κ3) is 1.92. The average Bonchev–Trinajstić information content (AvgIpc) is 2.77. The molecule has 0 amide bonds. The van der Waals surface area contributed by atoms with Gasteiger partial charge in [-0.2, -0.15) is 5.26 Å². The highest BCUT2D eigenvalue weighted by atomic mass is 15.2. The van der Waals surface area contributed by atoms with E-state index in [0.717, 1.165) is 25.2 Å². The molecular weight excluding hydrogens is 188 g/mol. The summed E-state index contributed by atoms with van der Waals surface area (Å²) in [4.78, 5) is 6.29. The van der Waals surface area contributed by atoms with Gasteiger partial charge < -0.3 is 10.2 Å². The first kappa shape index (κ1) is 9.94. The van der Waals surface area contributed by atoms with Crippen LogP contribution in [0.1, 0.15) is 12.0 Å². The molecule has 0 radical (unpaired) electrons. The molecule has 0 spiro atoms. The molecule has 1 fully saturated rings. The highest BCUT2D eigenvalue weighted by Crippen LogP contribution is 2.22. The van der Waals surface area contributed by atoms with E-state index in [-0.39, 0.29) is 0 Å². The molecule has 15 heavy (non-hydrogen) atoms. The number of pyridine rings is 1. The summed E-state index contributed by atoms with van der Waals surface area (Å²) in [6.45, 7) is 1.95. The van der Waals surface area contributed by atoms with E-state index in [4.69, 9.17) is 5.26 Å². The molecule has 1 saturated heterocycles. The molecule has 1 aromatic heterocycles. The van der Waals surface area contributed by atoms with Crippen molar-refractivity contribution in [3.05, 3.63) is 24.0 Å². The van der Waals surface area contributed by atoms with Crippen LogP contribution >= 0.6 is 0 Å². The maximum absolute atomic E-state index is 8.98. The lowest BCUT2D eigenvalue weighted by Gasteiger charge is -2.19. The van der Waals surface area contributed by atoms with Gasteiger partial charge >= 0.3 is 0 Å². The van der Waals surface area contributed by atoms with Crippen molar-refractivity contribution in [1.29, 1.82) is 5.26 Å². The lowest BCUT2D eigenvalue weighted by atomic mass is 10.2. The van der Waals surface area contributed by atoms with Gasteiger partial charge in [-0.15, -0.1) is 0 Å². The predicted octanol–water partition coefficient (Wildman–Crippen LogP) is 0.751. The number of rotatable bonds is 2. The lowest BCUT2D eigenvalue weighted by Crippen LogP contribution is -2.29. The minimum absolute atomic E-state index is 0.525. The van der Waals surface area contributed by atoms with Gasteiger partial charge in [-0.1, -0.05) is 0 Å². The summed E-state index contributed by atoms with van der Waals surface area (Å²) < 4.78 is 0. The van der Waals surface area contributed by atoms with Gasteiger partial charge in [0.05, 0.1) is 17.4 Å². The van der Waals surface area contributed by atoms with Gasteiger partial charge in [-0.25, -0.2) is 0 Å². The number of hydrogen-bond acceptors (Lipinski definition) is 4. The third-order valence-electron chi connectivity index (χ3n) is 2.86. The second-order valence-corrected chi connectivity index (χ2v) is 3.72. The zero-order valence-electron chi connectivity index (χ0n) is 8.77. The van der Waals surface area contributed by atoms with Crippen LogP contribution in [0.15, 0.2) is 18.5 Å². The van der Waals surface area contributed by atoms with Gasteiger partial charge in [0.2, 0.25) is 0 Å². The smallest absolute Gasteiger partial charge is 0.101 e. The Morgan fingerprint density at radius 1 is 1.67 bits per heavy atom. The molecule has 0 aliphatic carbocycles. The van der Waals surface area contributed by atoms with Crippen molar-refractivity contribution in [3.8, 4) is 6.07 Å². The van der Waals surface area contributed by atoms with Crippen molar-refractivity contribution in [1.82, 2.24) is 10.3 Å². The summed E-state index contributed by atoms with van der Waals surface area (Å²) in [7, 11) is 1.97. The second-order valence-electron chi connectivity index (χ2n) is 3.72. The molecule has 0 saturated carbocycles. The Morgan fingerprint density at radius 3 is 3.20 bits per heavy atom. The van der Waals surface area contributed by atoms with E-state index in [1.807, 2.05) is 7.05 Å². The van der Waals surface area contributed by atoms with Crippen molar-refractivity contribution in [2.45, 2.75) is 12.5 Å². The summed E-state index contributed by atoms with van der Waals surface area (Å²) in [5.41, 5.74) is 1.67. The lowest BCUT2D eigenvalue weighted by molar-refractivity contribution is 0.617. The molecule has 2 rings (SSSR count). The van der Waals surface area contributed by atoms with Crippen molar-refractivity contribution < 1.29 is 0 Å². The Bertz CT molecular complexity index is 382. The molecule has 0 bridgehead atoms. The van der Waals surface area contributed by atoms with Crippen LogP contribution in [0.4, 0.5) is 5.69 Å². The molecule has 4 heteroatoms. The molecular formula is C11H14N4. The van der Waals surface area contributed by atoms with E-state index >= 15 is 0 Å². The van der Waals surface area contributed by atoms with Crippen LogP contribution in [-0.4, -0.2) is 31.2 Å². The van der Waals surface area contributed by atoms with E-state index in [1.165, 1.54) is 0 Å². The monoisotopic (exact) mass is 202 g/mol. The molecule has 1 atom stereocenters. The summed E-state index contributed by atoms with van der Waals surface area (Å²) in [6.07, 6.45) is 4.56. The normalized spacial score (nSPS) is 20.3. The molecule has 0 aromatic carbocycles. The van der Waals surface area contributed by atoms with E-state index in [0.29, 0.717) is 11.6 Å². The van der Waals surface area contributed by atoms with Crippen molar-refractivity contribution in [2.75, 3.05) is 25.0 Å². The van der Waals surface area contributed by atoms with E-state index in [9.17, 15) is 0 Å². The first-order valence-corrected chi connectivity index (χ1v) is 5.11. The Kier molecular flexibility index (Phi) is 2.84. The van der Waals surface area contributed by atoms with Gasteiger partial charge in [0, 0.05) is 25.3 Å². The van der Waals surface area contributed by atoms with Crippen LogP contribution in [0.2, 0.25) is 0 Å². The van der Waals surface area contributed by atoms with Crippen LogP contribution in [0, 0.1) is 11.3 Å². The van der Waals surface area contributed by atoms with Gasteiger partial charge in [0.15, 0.2) is 0 Å². The summed E-state index contributed by atoms with van der Waals surface area (Å²) in [5.74, 6) is 0. The number of nitrogens with one attached hydrogen (secondary N) is 1. The summed E-state index contributed by atoms with van der Waals surface area (Å²) >= 11 is 0. The SMILES string of the molecule is CNC1CCN(c2cnccc2C#N)C1. The second kappa shape index (κ2) is 4.28.